The highest BCUT2D eigenvalue weighted by molar-refractivity contribution is 5.86. The molecule has 6 heteroatoms. The van der Waals surface area contributed by atoms with Gasteiger partial charge < -0.3 is 10.0 Å². The lowest BCUT2D eigenvalue weighted by atomic mass is 9.95. The average molecular weight is 299 g/mol. The molecule has 0 aromatic heterocycles. The quantitative estimate of drug-likeness (QED) is 0.909. The lowest BCUT2D eigenvalue weighted by molar-refractivity contribution is -0.155. The second-order valence-electron chi connectivity index (χ2n) is 5.59. The second kappa shape index (κ2) is 6.20. The molecule has 21 heavy (non-hydrogen) atoms. The number of amides is 1. The number of likely N-dealkylation sites (N-methyl/N-ethyl adjacent to an activating group) is 1. The predicted molar refractivity (Wildman–Crippen MR) is 73.9 cm³/mol. The molecule has 0 saturated heterocycles. The van der Waals surface area contributed by atoms with E-state index >= 15 is 0 Å². The van der Waals surface area contributed by atoms with Crippen molar-refractivity contribution >= 4 is 11.9 Å². The van der Waals surface area contributed by atoms with E-state index < -0.39 is 35.0 Å². The van der Waals surface area contributed by atoms with Crippen LogP contribution in [0.2, 0.25) is 0 Å². The highest BCUT2D eigenvalue weighted by Crippen LogP contribution is 2.25. The Morgan fingerprint density at radius 3 is 2.38 bits per heavy atom. The summed E-state index contributed by atoms with van der Waals surface area (Å²) in [6, 6.07) is 3.19. The molecule has 1 amide bonds. The summed E-state index contributed by atoms with van der Waals surface area (Å²) in [4.78, 5) is 24.4. The zero-order valence-corrected chi connectivity index (χ0v) is 12.5. The van der Waals surface area contributed by atoms with Crippen LogP contribution in [-0.4, -0.2) is 34.5 Å². The molecule has 0 aliphatic carbocycles. The molecule has 0 fully saturated rings. The maximum absolute atomic E-state index is 13.7. The number of rotatable bonds is 5. The Balaban J connectivity index is 2.85. The number of benzene rings is 1. The van der Waals surface area contributed by atoms with E-state index in [1.807, 2.05) is 0 Å². The van der Waals surface area contributed by atoms with Crippen LogP contribution in [-0.2, 0) is 9.59 Å². The van der Waals surface area contributed by atoms with Gasteiger partial charge in [-0.1, -0.05) is 13.0 Å². The van der Waals surface area contributed by atoms with E-state index in [0.29, 0.717) is 0 Å². The molecule has 1 N–H and O–H groups in total. The van der Waals surface area contributed by atoms with Crippen molar-refractivity contribution in [2.24, 2.45) is 0 Å². The minimum atomic E-state index is -1.35. The molecule has 0 aliphatic rings. The number of carbonyl (C=O) groups excluding carboxylic acids is 1. The van der Waals surface area contributed by atoms with Crippen molar-refractivity contribution < 1.29 is 23.5 Å². The van der Waals surface area contributed by atoms with E-state index in [0.717, 1.165) is 17.0 Å². The first-order valence-electron chi connectivity index (χ1n) is 6.52. The SMILES string of the molecule is CC(CC(=O)N(C)C(C)(C)C(=O)O)c1ccc(F)cc1F. The fourth-order valence-electron chi connectivity index (χ4n) is 1.87. The number of nitrogens with zero attached hydrogens (tertiary/aromatic N) is 1. The van der Waals surface area contributed by atoms with Crippen molar-refractivity contribution in [1.82, 2.24) is 4.90 Å². The van der Waals surface area contributed by atoms with Gasteiger partial charge >= 0.3 is 5.97 Å². The van der Waals surface area contributed by atoms with E-state index in [1.54, 1.807) is 6.92 Å². The van der Waals surface area contributed by atoms with Crippen LogP contribution >= 0.6 is 0 Å². The molecular formula is C15H19F2NO3. The summed E-state index contributed by atoms with van der Waals surface area (Å²) in [6.07, 6.45) is -0.0598. The molecule has 1 rings (SSSR count). The smallest absolute Gasteiger partial charge is 0.329 e. The molecular weight excluding hydrogens is 280 g/mol. The zero-order chi connectivity index (χ0) is 16.4. The Kier molecular flexibility index (Phi) is 5.04. The monoisotopic (exact) mass is 299 g/mol. The van der Waals surface area contributed by atoms with Crippen LogP contribution in [0.15, 0.2) is 18.2 Å². The van der Waals surface area contributed by atoms with Crippen LogP contribution < -0.4 is 0 Å². The van der Waals surface area contributed by atoms with Gasteiger partial charge in [0.15, 0.2) is 0 Å². The Morgan fingerprint density at radius 2 is 1.90 bits per heavy atom. The first-order valence-corrected chi connectivity index (χ1v) is 6.52. The molecule has 0 spiro atoms. The summed E-state index contributed by atoms with van der Waals surface area (Å²) < 4.78 is 26.5. The molecule has 1 atom stereocenters. The van der Waals surface area contributed by atoms with Crippen LogP contribution in [0.4, 0.5) is 8.78 Å². The maximum Gasteiger partial charge on any atom is 0.329 e. The molecule has 0 radical (unpaired) electrons. The summed E-state index contributed by atoms with van der Waals surface area (Å²) in [5.74, 6) is -3.42. The van der Waals surface area contributed by atoms with Crippen LogP contribution in [0.1, 0.15) is 38.7 Å². The van der Waals surface area contributed by atoms with Gasteiger partial charge in [0, 0.05) is 19.5 Å². The van der Waals surface area contributed by atoms with Crippen LogP contribution in [0.25, 0.3) is 0 Å². The van der Waals surface area contributed by atoms with Crippen LogP contribution in [0, 0.1) is 11.6 Å². The lowest BCUT2D eigenvalue weighted by Crippen LogP contribution is -2.51. The summed E-state index contributed by atoms with van der Waals surface area (Å²) in [5.41, 5.74) is -1.12. The highest BCUT2D eigenvalue weighted by atomic mass is 19.1. The van der Waals surface area contributed by atoms with Crippen LogP contribution in [0.5, 0.6) is 0 Å². The maximum atomic E-state index is 13.7. The zero-order valence-electron chi connectivity index (χ0n) is 12.5. The van der Waals surface area contributed by atoms with Gasteiger partial charge in [-0.05, 0) is 31.4 Å². The van der Waals surface area contributed by atoms with E-state index in [1.165, 1.54) is 27.0 Å². The fraction of sp³-hybridized carbons (Fsp3) is 0.467. The second-order valence-corrected chi connectivity index (χ2v) is 5.59. The predicted octanol–water partition coefficient (Wildman–Crippen LogP) is 2.78. The normalized spacial score (nSPS) is 12.9. The Hall–Kier alpha value is -1.98. The first-order chi connectivity index (χ1) is 9.57. The molecule has 0 heterocycles. The molecule has 1 unspecified atom stereocenters. The summed E-state index contributed by atoms with van der Waals surface area (Å²) in [5, 5.41) is 9.09. The Labute approximate surface area is 122 Å². The van der Waals surface area contributed by atoms with Gasteiger partial charge in [0.1, 0.15) is 17.2 Å². The number of carboxylic acid groups (broad SMARTS) is 1. The lowest BCUT2D eigenvalue weighted by Gasteiger charge is -2.32. The number of hydrogen-bond donors (Lipinski definition) is 1. The molecule has 0 aliphatic heterocycles. The topological polar surface area (TPSA) is 57.6 Å². The van der Waals surface area contributed by atoms with E-state index in [-0.39, 0.29) is 12.0 Å². The Morgan fingerprint density at radius 1 is 1.33 bits per heavy atom. The highest BCUT2D eigenvalue weighted by Gasteiger charge is 2.35. The van der Waals surface area contributed by atoms with E-state index in [4.69, 9.17) is 5.11 Å². The molecule has 0 saturated carbocycles. The van der Waals surface area contributed by atoms with Gasteiger partial charge in [0.05, 0.1) is 0 Å². The number of aliphatic carboxylic acids is 1. The third kappa shape index (κ3) is 3.77. The first kappa shape index (κ1) is 17.1. The van der Waals surface area contributed by atoms with Gasteiger partial charge in [-0.15, -0.1) is 0 Å². The van der Waals surface area contributed by atoms with Crippen LogP contribution in [0.3, 0.4) is 0 Å². The van der Waals surface area contributed by atoms with Gasteiger partial charge in [-0.25, -0.2) is 13.6 Å². The number of carbonyl (C=O) groups is 2. The van der Waals surface area contributed by atoms with Crippen molar-refractivity contribution in [3.05, 3.63) is 35.4 Å². The molecule has 4 nitrogen and oxygen atoms in total. The van der Waals surface area contributed by atoms with Crippen molar-refractivity contribution in [2.45, 2.75) is 38.6 Å². The van der Waals surface area contributed by atoms with E-state index in [9.17, 15) is 18.4 Å². The molecule has 1 aromatic carbocycles. The average Bonchev–Trinajstić information content (AvgIpc) is 2.37. The van der Waals surface area contributed by atoms with Gasteiger partial charge in [-0.2, -0.15) is 0 Å². The standard InChI is InChI=1S/C15H19F2NO3/c1-9(11-6-5-10(16)8-12(11)17)7-13(19)18(4)15(2,3)14(20)21/h5-6,8-9H,7H2,1-4H3,(H,20,21). The van der Waals surface area contributed by atoms with E-state index in [2.05, 4.69) is 0 Å². The third-order valence-corrected chi connectivity index (χ3v) is 3.71. The minimum Gasteiger partial charge on any atom is -0.480 e. The van der Waals surface area contributed by atoms with Gasteiger partial charge in [0.25, 0.3) is 0 Å². The number of hydrogen-bond acceptors (Lipinski definition) is 2. The van der Waals surface area contributed by atoms with Crippen molar-refractivity contribution in [3.8, 4) is 0 Å². The summed E-state index contributed by atoms with van der Waals surface area (Å²) in [6.45, 7) is 4.46. The van der Waals surface area contributed by atoms with Gasteiger partial charge in [0.2, 0.25) is 5.91 Å². The third-order valence-electron chi connectivity index (χ3n) is 3.71. The van der Waals surface area contributed by atoms with Crippen molar-refractivity contribution in [1.29, 1.82) is 0 Å². The number of carboxylic acids is 1. The summed E-state index contributed by atoms with van der Waals surface area (Å²) in [7, 11) is 1.39. The largest absolute Gasteiger partial charge is 0.480 e. The fourth-order valence-corrected chi connectivity index (χ4v) is 1.87. The molecule has 0 bridgehead atoms. The summed E-state index contributed by atoms with van der Waals surface area (Å²) >= 11 is 0. The van der Waals surface area contributed by atoms with Crippen molar-refractivity contribution in [3.63, 3.8) is 0 Å². The Bertz CT molecular complexity index is 558. The van der Waals surface area contributed by atoms with Crippen molar-refractivity contribution in [2.75, 3.05) is 7.05 Å². The minimum absolute atomic E-state index is 0.0598. The molecule has 1 aromatic rings. The number of halogens is 2. The van der Waals surface area contributed by atoms with Gasteiger partial charge in [-0.3, -0.25) is 4.79 Å². The molecule has 116 valence electrons.